The van der Waals surface area contributed by atoms with Crippen molar-refractivity contribution in [3.05, 3.63) is 29.8 Å². The van der Waals surface area contributed by atoms with Gasteiger partial charge in [0.1, 0.15) is 0 Å². The Kier molecular flexibility index (Phi) is 4.57. The molecule has 4 N–H and O–H groups in total. The van der Waals surface area contributed by atoms with Gasteiger partial charge in [-0.25, -0.2) is 4.99 Å². The van der Waals surface area contributed by atoms with Crippen LogP contribution in [-0.4, -0.2) is 23.2 Å². The Bertz CT molecular complexity index is 507. The lowest BCUT2D eigenvalue weighted by molar-refractivity contribution is -0.0576. The molecule has 3 atom stereocenters. The smallest absolute Gasteiger partial charge is 0.193 e. The second-order valence-corrected chi connectivity index (χ2v) is 6.66. The van der Waals surface area contributed by atoms with Gasteiger partial charge in [-0.2, -0.15) is 0 Å². The van der Waals surface area contributed by atoms with E-state index in [0.29, 0.717) is 18.3 Å². The van der Waals surface area contributed by atoms with Crippen molar-refractivity contribution in [1.29, 1.82) is 0 Å². The van der Waals surface area contributed by atoms with Gasteiger partial charge in [-0.15, -0.1) is 0 Å². The number of anilines is 1. The van der Waals surface area contributed by atoms with Crippen LogP contribution in [0.3, 0.4) is 0 Å². The fourth-order valence-electron chi connectivity index (χ4n) is 2.58. The van der Waals surface area contributed by atoms with Crippen molar-refractivity contribution in [2.24, 2.45) is 16.1 Å². The Hall–Kier alpha value is -1.55. The molecule has 0 bridgehead atoms. The Labute approximate surface area is 127 Å². The SMILES string of the molecule is CCC(C)c1ccc(NC(N)=NC2CC(O)C2(C)C)cc1. The summed E-state index contributed by atoms with van der Waals surface area (Å²) in [5.74, 6) is 0.985. The van der Waals surface area contributed by atoms with Gasteiger partial charge in [0.05, 0.1) is 12.1 Å². The number of nitrogens with one attached hydrogen (secondary N) is 1. The summed E-state index contributed by atoms with van der Waals surface area (Å²) in [4.78, 5) is 4.48. The lowest BCUT2D eigenvalue weighted by Gasteiger charge is -2.46. The van der Waals surface area contributed by atoms with E-state index in [1.165, 1.54) is 5.56 Å². The van der Waals surface area contributed by atoms with Crippen LogP contribution in [0.4, 0.5) is 5.69 Å². The predicted molar refractivity (Wildman–Crippen MR) is 88.6 cm³/mol. The predicted octanol–water partition coefficient (Wildman–Crippen LogP) is 3.09. The average Bonchev–Trinajstić information content (AvgIpc) is 2.47. The molecule has 1 fully saturated rings. The van der Waals surface area contributed by atoms with E-state index < -0.39 is 0 Å². The third-order valence-corrected chi connectivity index (χ3v) is 4.82. The van der Waals surface area contributed by atoms with Crippen LogP contribution in [0.15, 0.2) is 29.3 Å². The van der Waals surface area contributed by atoms with Crippen LogP contribution in [0.1, 0.15) is 52.0 Å². The van der Waals surface area contributed by atoms with Crippen LogP contribution in [0.25, 0.3) is 0 Å². The number of nitrogens with two attached hydrogens (primary N) is 1. The molecule has 1 aromatic rings. The van der Waals surface area contributed by atoms with Crippen molar-refractivity contribution >= 4 is 11.6 Å². The van der Waals surface area contributed by atoms with Gasteiger partial charge < -0.3 is 16.2 Å². The number of hydrogen-bond donors (Lipinski definition) is 3. The molecule has 0 saturated heterocycles. The van der Waals surface area contributed by atoms with Gasteiger partial charge in [0.25, 0.3) is 0 Å². The van der Waals surface area contributed by atoms with Gasteiger partial charge in [0.15, 0.2) is 5.96 Å². The van der Waals surface area contributed by atoms with Gasteiger partial charge >= 0.3 is 0 Å². The van der Waals surface area contributed by atoms with E-state index in [2.05, 4.69) is 36.3 Å². The van der Waals surface area contributed by atoms with Crippen molar-refractivity contribution in [2.45, 2.75) is 58.6 Å². The molecule has 4 nitrogen and oxygen atoms in total. The summed E-state index contributed by atoms with van der Waals surface area (Å²) in [5, 5.41) is 12.8. The van der Waals surface area contributed by atoms with E-state index in [1.807, 2.05) is 26.0 Å². The van der Waals surface area contributed by atoms with Gasteiger partial charge in [-0.05, 0) is 36.5 Å². The second kappa shape index (κ2) is 6.06. The molecule has 0 amide bonds. The van der Waals surface area contributed by atoms with Crippen molar-refractivity contribution in [1.82, 2.24) is 0 Å². The highest BCUT2D eigenvalue weighted by molar-refractivity contribution is 5.92. The zero-order valence-corrected chi connectivity index (χ0v) is 13.4. The number of aliphatic hydroxyl groups excluding tert-OH is 1. The molecule has 3 unspecified atom stereocenters. The van der Waals surface area contributed by atoms with Gasteiger partial charge in [-0.1, -0.05) is 39.8 Å². The molecule has 21 heavy (non-hydrogen) atoms. The lowest BCUT2D eigenvalue weighted by atomic mass is 9.65. The highest BCUT2D eigenvalue weighted by atomic mass is 16.3. The number of hydrogen-bond acceptors (Lipinski definition) is 2. The molecule has 0 heterocycles. The molecule has 4 heteroatoms. The Morgan fingerprint density at radius 1 is 1.43 bits per heavy atom. The van der Waals surface area contributed by atoms with Crippen LogP contribution in [-0.2, 0) is 0 Å². The lowest BCUT2D eigenvalue weighted by Crippen LogP contribution is -2.53. The highest BCUT2D eigenvalue weighted by Gasteiger charge is 2.47. The van der Waals surface area contributed by atoms with Crippen molar-refractivity contribution in [3.8, 4) is 0 Å². The molecule has 2 rings (SSSR count). The normalized spacial score (nSPS) is 26.0. The largest absolute Gasteiger partial charge is 0.392 e. The molecule has 1 saturated carbocycles. The molecular weight excluding hydrogens is 262 g/mol. The maximum absolute atomic E-state index is 9.72. The first-order valence-electron chi connectivity index (χ1n) is 7.73. The topological polar surface area (TPSA) is 70.6 Å². The van der Waals surface area contributed by atoms with Crippen LogP contribution in [0.5, 0.6) is 0 Å². The molecule has 0 radical (unpaired) electrons. The van der Waals surface area contributed by atoms with E-state index in [-0.39, 0.29) is 17.6 Å². The summed E-state index contributed by atoms with van der Waals surface area (Å²) in [7, 11) is 0. The number of nitrogens with zero attached hydrogens (tertiary/aromatic N) is 1. The minimum Gasteiger partial charge on any atom is -0.392 e. The van der Waals surface area contributed by atoms with Crippen LogP contribution in [0, 0.1) is 5.41 Å². The number of benzene rings is 1. The quantitative estimate of drug-likeness (QED) is 0.589. The summed E-state index contributed by atoms with van der Waals surface area (Å²) < 4.78 is 0. The maximum Gasteiger partial charge on any atom is 0.193 e. The third-order valence-electron chi connectivity index (χ3n) is 4.82. The van der Waals surface area contributed by atoms with E-state index >= 15 is 0 Å². The van der Waals surface area contributed by atoms with Gasteiger partial charge in [0, 0.05) is 11.1 Å². The van der Waals surface area contributed by atoms with E-state index in [1.54, 1.807) is 0 Å². The van der Waals surface area contributed by atoms with E-state index in [4.69, 9.17) is 5.73 Å². The van der Waals surface area contributed by atoms with Crippen LogP contribution in [0.2, 0.25) is 0 Å². The molecule has 1 aliphatic carbocycles. The summed E-state index contributed by atoms with van der Waals surface area (Å²) in [6.07, 6.45) is 1.53. The first kappa shape index (κ1) is 15.8. The number of aliphatic imine (C=N–C) groups is 1. The molecule has 1 aromatic carbocycles. The molecular formula is C17H27N3O. The van der Waals surface area contributed by atoms with Crippen molar-refractivity contribution in [3.63, 3.8) is 0 Å². The second-order valence-electron chi connectivity index (χ2n) is 6.66. The van der Waals surface area contributed by atoms with Gasteiger partial charge in [-0.3, -0.25) is 0 Å². The monoisotopic (exact) mass is 289 g/mol. The number of aliphatic hydroxyl groups is 1. The van der Waals surface area contributed by atoms with Crippen molar-refractivity contribution < 1.29 is 5.11 Å². The summed E-state index contributed by atoms with van der Waals surface area (Å²) in [5.41, 5.74) is 8.06. The highest BCUT2D eigenvalue weighted by Crippen LogP contribution is 2.42. The zero-order valence-electron chi connectivity index (χ0n) is 13.4. The summed E-state index contributed by atoms with van der Waals surface area (Å²) >= 11 is 0. The summed E-state index contributed by atoms with van der Waals surface area (Å²) in [6, 6.07) is 8.40. The third kappa shape index (κ3) is 3.38. The zero-order chi connectivity index (χ0) is 15.6. The van der Waals surface area contributed by atoms with Gasteiger partial charge in [0.2, 0.25) is 0 Å². The number of guanidine groups is 1. The van der Waals surface area contributed by atoms with Crippen LogP contribution >= 0.6 is 0 Å². The number of rotatable bonds is 4. The van der Waals surface area contributed by atoms with E-state index in [0.717, 1.165) is 12.1 Å². The minimum absolute atomic E-state index is 0.0828. The minimum atomic E-state index is -0.283. The first-order valence-corrected chi connectivity index (χ1v) is 7.73. The fraction of sp³-hybridized carbons (Fsp3) is 0.588. The van der Waals surface area contributed by atoms with E-state index in [9.17, 15) is 5.11 Å². The summed E-state index contributed by atoms with van der Waals surface area (Å²) in [6.45, 7) is 8.45. The standard InChI is InChI=1S/C17H27N3O/c1-5-11(2)12-6-8-13(9-7-12)19-16(18)20-14-10-15(21)17(14,3)4/h6-9,11,14-15,21H,5,10H2,1-4H3,(H3,18,19,20). The molecule has 0 spiro atoms. The molecule has 0 aliphatic heterocycles. The average molecular weight is 289 g/mol. The Balaban J connectivity index is 1.98. The molecule has 1 aliphatic rings. The Morgan fingerprint density at radius 2 is 2.05 bits per heavy atom. The van der Waals surface area contributed by atoms with Crippen molar-refractivity contribution in [2.75, 3.05) is 5.32 Å². The van der Waals surface area contributed by atoms with Crippen LogP contribution < -0.4 is 11.1 Å². The molecule has 116 valence electrons. The maximum atomic E-state index is 9.72. The first-order chi connectivity index (χ1) is 9.84. The fourth-order valence-corrected chi connectivity index (χ4v) is 2.58. The molecule has 0 aromatic heterocycles. The Morgan fingerprint density at radius 3 is 2.52 bits per heavy atom.